The van der Waals surface area contributed by atoms with Gasteiger partial charge in [0.25, 0.3) is 0 Å². The van der Waals surface area contributed by atoms with E-state index in [0.29, 0.717) is 5.92 Å². The van der Waals surface area contributed by atoms with Crippen LogP contribution in [-0.2, 0) is 0 Å². The minimum Gasteiger partial charge on any atom is -0.497 e. The highest BCUT2D eigenvalue weighted by molar-refractivity contribution is 5.28. The van der Waals surface area contributed by atoms with Crippen LogP contribution in [0, 0.1) is 5.92 Å². The summed E-state index contributed by atoms with van der Waals surface area (Å²) < 4.78 is 5.11. The summed E-state index contributed by atoms with van der Waals surface area (Å²) in [5.74, 6) is 1.60. The van der Waals surface area contributed by atoms with Gasteiger partial charge in [-0.05, 0) is 36.5 Å². The van der Waals surface area contributed by atoms with Crippen molar-refractivity contribution in [1.29, 1.82) is 0 Å². The fourth-order valence-electron chi connectivity index (χ4n) is 1.53. The van der Waals surface area contributed by atoms with E-state index >= 15 is 0 Å². The van der Waals surface area contributed by atoms with Crippen molar-refractivity contribution in [3.8, 4) is 5.75 Å². The van der Waals surface area contributed by atoms with E-state index in [2.05, 4.69) is 13.8 Å². The lowest BCUT2D eigenvalue weighted by atomic mass is 9.98. The molecule has 0 aliphatic carbocycles. The molecule has 0 amide bonds. The fraction of sp³-hybridized carbons (Fsp3) is 0.538. The molecule has 0 saturated carbocycles. The average molecular weight is 207 g/mol. The number of methoxy groups -OCH3 is 1. The van der Waals surface area contributed by atoms with Gasteiger partial charge in [-0.1, -0.05) is 26.0 Å². The zero-order valence-electron chi connectivity index (χ0n) is 9.86. The first-order valence-electron chi connectivity index (χ1n) is 5.53. The Morgan fingerprint density at radius 2 is 1.73 bits per heavy atom. The summed E-state index contributed by atoms with van der Waals surface area (Å²) in [5, 5.41) is 0. The van der Waals surface area contributed by atoms with Gasteiger partial charge < -0.3 is 10.5 Å². The molecule has 1 atom stereocenters. The largest absolute Gasteiger partial charge is 0.497 e. The number of rotatable bonds is 5. The minimum absolute atomic E-state index is 0.151. The van der Waals surface area contributed by atoms with Crippen molar-refractivity contribution in [2.45, 2.75) is 32.7 Å². The second-order valence-electron chi connectivity index (χ2n) is 4.35. The molecule has 0 bridgehead atoms. The highest BCUT2D eigenvalue weighted by Gasteiger charge is 2.06. The Labute approximate surface area is 92.4 Å². The molecular formula is C13H21NO. The van der Waals surface area contributed by atoms with Gasteiger partial charge in [-0.2, -0.15) is 0 Å². The Bertz CT molecular complexity index is 279. The van der Waals surface area contributed by atoms with E-state index < -0.39 is 0 Å². The molecule has 1 aromatic rings. The Morgan fingerprint density at radius 3 is 2.20 bits per heavy atom. The summed E-state index contributed by atoms with van der Waals surface area (Å²) in [6.45, 7) is 4.45. The molecule has 0 aliphatic heterocycles. The summed E-state index contributed by atoms with van der Waals surface area (Å²) in [5.41, 5.74) is 7.29. The Hall–Kier alpha value is -1.02. The quantitative estimate of drug-likeness (QED) is 0.805. The molecule has 0 spiro atoms. The summed E-state index contributed by atoms with van der Waals surface area (Å²) in [7, 11) is 1.67. The van der Waals surface area contributed by atoms with Gasteiger partial charge in [-0.25, -0.2) is 0 Å². The lowest BCUT2D eigenvalue weighted by Gasteiger charge is -2.13. The highest BCUT2D eigenvalue weighted by atomic mass is 16.5. The second-order valence-corrected chi connectivity index (χ2v) is 4.35. The first-order chi connectivity index (χ1) is 7.13. The molecule has 2 N–H and O–H groups in total. The van der Waals surface area contributed by atoms with Crippen LogP contribution in [0.1, 0.15) is 38.3 Å². The van der Waals surface area contributed by atoms with Crippen molar-refractivity contribution in [1.82, 2.24) is 0 Å². The van der Waals surface area contributed by atoms with Gasteiger partial charge in [0, 0.05) is 6.04 Å². The van der Waals surface area contributed by atoms with E-state index in [4.69, 9.17) is 10.5 Å². The molecule has 0 saturated heterocycles. The SMILES string of the molecule is COc1ccc([C@@H](N)CCC(C)C)cc1. The Morgan fingerprint density at radius 1 is 1.13 bits per heavy atom. The van der Waals surface area contributed by atoms with Crippen LogP contribution in [0.2, 0.25) is 0 Å². The Kier molecular flexibility index (Phi) is 4.63. The van der Waals surface area contributed by atoms with E-state index in [1.54, 1.807) is 7.11 Å². The van der Waals surface area contributed by atoms with Gasteiger partial charge in [0.15, 0.2) is 0 Å². The third-order valence-corrected chi connectivity index (χ3v) is 2.60. The molecule has 1 rings (SSSR count). The number of ether oxygens (including phenoxy) is 1. The minimum atomic E-state index is 0.151. The maximum atomic E-state index is 6.09. The molecule has 0 heterocycles. The van der Waals surface area contributed by atoms with Crippen molar-refractivity contribution >= 4 is 0 Å². The predicted molar refractivity (Wildman–Crippen MR) is 64.0 cm³/mol. The fourth-order valence-corrected chi connectivity index (χ4v) is 1.53. The first-order valence-corrected chi connectivity index (χ1v) is 5.53. The molecule has 0 aliphatic rings. The van der Waals surface area contributed by atoms with E-state index in [1.165, 1.54) is 12.0 Å². The second kappa shape index (κ2) is 5.76. The van der Waals surface area contributed by atoms with Gasteiger partial charge in [-0.15, -0.1) is 0 Å². The monoisotopic (exact) mass is 207 g/mol. The van der Waals surface area contributed by atoms with Crippen molar-refractivity contribution in [2.24, 2.45) is 11.7 Å². The zero-order chi connectivity index (χ0) is 11.3. The van der Waals surface area contributed by atoms with E-state index in [-0.39, 0.29) is 6.04 Å². The van der Waals surface area contributed by atoms with Crippen molar-refractivity contribution < 1.29 is 4.74 Å². The number of hydrogen-bond donors (Lipinski definition) is 1. The normalized spacial score (nSPS) is 12.9. The molecule has 0 unspecified atom stereocenters. The van der Waals surface area contributed by atoms with Crippen molar-refractivity contribution in [3.05, 3.63) is 29.8 Å². The third-order valence-electron chi connectivity index (χ3n) is 2.60. The topological polar surface area (TPSA) is 35.2 Å². The summed E-state index contributed by atoms with van der Waals surface area (Å²) in [4.78, 5) is 0. The number of benzene rings is 1. The molecule has 2 heteroatoms. The van der Waals surface area contributed by atoms with E-state index in [0.717, 1.165) is 12.2 Å². The molecule has 15 heavy (non-hydrogen) atoms. The third kappa shape index (κ3) is 3.92. The standard InChI is InChI=1S/C13H21NO/c1-10(2)4-9-13(14)11-5-7-12(15-3)8-6-11/h5-8,10,13H,4,9,14H2,1-3H3/t13-/m0/s1. The van der Waals surface area contributed by atoms with Gasteiger partial charge in [0.2, 0.25) is 0 Å². The molecule has 0 radical (unpaired) electrons. The summed E-state index contributed by atoms with van der Waals surface area (Å²) >= 11 is 0. The molecular weight excluding hydrogens is 186 g/mol. The van der Waals surface area contributed by atoms with Gasteiger partial charge in [0.05, 0.1) is 7.11 Å². The lowest BCUT2D eigenvalue weighted by Crippen LogP contribution is -2.11. The van der Waals surface area contributed by atoms with Crippen LogP contribution in [0.15, 0.2) is 24.3 Å². The molecule has 0 fully saturated rings. The summed E-state index contributed by atoms with van der Waals surface area (Å²) in [6, 6.07) is 8.17. The lowest BCUT2D eigenvalue weighted by molar-refractivity contribution is 0.414. The van der Waals surface area contributed by atoms with Crippen LogP contribution < -0.4 is 10.5 Å². The van der Waals surface area contributed by atoms with Crippen molar-refractivity contribution in [3.63, 3.8) is 0 Å². The number of nitrogens with two attached hydrogens (primary N) is 1. The van der Waals surface area contributed by atoms with Gasteiger partial charge in [0.1, 0.15) is 5.75 Å². The highest BCUT2D eigenvalue weighted by Crippen LogP contribution is 2.20. The van der Waals surface area contributed by atoms with Crippen molar-refractivity contribution in [2.75, 3.05) is 7.11 Å². The Balaban J connectivity index is 2.54. The predicted octanol–water partition coefficient (Wildman–Crippen LogP) is 3.13. The van der Waals surface area contributed by atoms with Gasteiger partial charge in [-0.3, -0.25) is 0 Å². The van der Waals surface area contributed by atoms with Crippen LogP contribution >= 0.6 is 0 Å². The molecule has 84 valence electrons. The van der Waals surface area contributed by atoms with Gasteiger partial charge >= 0.3 is 0 Å². The maximum absolute atomic E-state index is 6.09. The van der Waals surface area contributed by atoms with Crippen LogP contribution in [0.3, 0.4) is 0 Å². The van der Waals surface area contributed by atoms with Crippen LogP contribution in [0.4, 0.5) is 0 Å². The summed E-state index contributed by atoms with van der Waals surface area (Å²) in [6.07, 6.45) is 2.22. The smallest absolute Gasteiger partial charge is 0.118 e. The molecule has 0 aromatic heterocycles. The maximum Gasteiger partial charge on any atom is 0.118 e. The van der Waals surface area contributed by atoms with Crippen LogP contribution in [0.5, 0.6) is 5.75 Å². The number of hydrogen-bond acceptors (Lipinski definition) is 2. The van der Waals surface area contributed by atoms with E-state index in [9.17, 15) is 0 Å². The average Bonchev–Trinajstić information content (AvgIpc) is 2.26. The van der Waals surface area contributed by atoms with Crippen LogP contribution in [-0.4, -0.2) is 7.11 Å². The van der Waals surface area contributed by atoms with Crippen LogP contribution in [0.25, 0.3) is 0 Å². The molecule has 1 aromatic carbocycles. The van der Waals surface area contributed by atoms with E-state index in [1.807, 2.05) is 24.3 Å². The molecule has 2 nitrogen and oxygen atoms in total. The first kappa shape index (κ1) is 12.1. The zero-order valence-corrected chi connectivity index (χ0v) is 9.86.